The number of likely N-dealkylation sites (tertiary alicyclic amines) is 1. The molecule has 2 aliphatic rings. The van der Waals surface area contributed by atoms with Crippen molar-refractivity contribution in [2.45, 2.75) is 51.1 Å². The smallest absolute Gasteiger partial charge is 0.243 e. The third-order valence-electron chi connectivity index (χ3n) is 6.31. The first kappa shape index (κ1) is 19.4. The Morgan fingerprint density at radius 2 is 2.14 bits per heavy atom. The zero-order valence-corrected chi connectivity index (χ0v) is 16.4. The van der Waals surface area contributed by atoms with Gasteiger partial charge in [0.2, 0.25) is 18.2 Å². The zero-order valence-electron chi connectivity index (χ0n) is 16.4. The minimum absolute atomic E-state index is 0.0316. The molecule has 154 valence electrons. The number of aromatic nitrogens is 2. The molecule has 0 radical (unpaired) electrons. The predicted molar refractivity (Wildman–Crippen MR) is 108 cm³/mol. The number of rotatable bonds is 6. The number of carbonyl (C=O) groups is 3. The van der Waals surface area contributed by atoms with Crippen molar-refractivity contribution < 1.29 is 14.4 Å². The number of carbonyl (C=O) groups excluding carboxylic acids is 3. The van der Waals surface area contributed by atoms with E-state index in [1.807, 2.05) is 12.1 Å². The van der Waals surface area contributed by atoms with Gasteiger partial charge < -0.3 is 20.5 Å². The number of aromatic amines is 1. The first-order chi connectivity index (χ1) is 14.1. The van der Waals surface area contributed by atoms with E-state index in [4.69, 9.17) is 0 Å². The van der Waals surface area contributed by atoms with Crippen molar-refractivity contribution in [3.63, 3.8) is 0 Å². The molecule has 8 heteroatoms. The lowest BCUT2D eigenvalue weighted by Crippen LogP contribution is -2.48. The van der Waals surface area contributed by atoms with E-state index in [0.717, 1.165) is 42.3 Å². The van der Waals surface area contributed by atoms with E-state index in [9.17, 15) is 14.4 Å². The van der Waals surface area contributed by atoms with Crippen molar-refractivity contribution in [1.29, 1.82) is 0 Å². The Morgan fingerprint density at radius 1 is 1.31 bits per heavy atom. The number of hydrogen-bond donors (Lipinski definition) is 3. The molecule has 0 aromatic carbocycles. The second-order valence-electron chi connectivity index (χ2n) is 8.28. The van der Waals surface area contributed by atoms with Crippen LogP contribution in [-0.4, -0.2) is 52.2 Å². The number of pyridine rings is 1. The molecule has 29 heavy (non-hydrogen) atoms. The van der Waals surface area contributed by atoms with Crippen LogP contribution in [0.1, 0.15) is 44.2 Å². The van der Waals surface area contributed by atoms with Gasteiger partial charge in [-0.3, -0.25) is 19.4 Å². The van der Waals surface area contributed by atoms with Crippen molar-refractivity contribution in [3.05, 3.63) is 30.2 Å². The molecule has 2 fully saturated rings. The second kappa shape index (κ2) is 8.23. The number of nitrogens with zero attached hydrogens (tertiary/aromatic N) is 2. The molecule has 3 heterocycles. The van der Waals surface area contributed by atoms with E-state index in [0.29, 0.717) is 25.9 Å². The summed E-state index contributed by atoms with van der Waals surface area (Å²) in [5.41, 5.74) is 1.90. The molecule has 1 saturated heterocycles. The molecule has 3 amide bonds. The van der Waals surface area contributed by atoms with Crippen LogP contribution in [0.5, 0.6) is 0 Å². The maximum atomic E-state index is 13.0. The molecule has 1 aliphatic heterocycles. The molecule has 4 rings (SSSR count). The summed E-state index contributed by atoms with van der Waals surface area (Å²) in [6, 6.07) is 3.38. The Balaban J connectivity index is 1.45. The summed E-state index contributed by atoms with van der Waals surface area (Å²) >= 11 is 0. The maximum absolute atomic E-state index is 13.0. The zero-order chi connectivity index (χ0) is 20.3. The highest BCUT2D eigenvalue weighted by atomic mass is 16.2. The number of nitrogens with one attached hydrogen (secondary N) is 3. The van der Waals surface area contributed by atoms with Crippen LogP contribution in [0.3, 0.4) is 0 Å². The summed E-state index contributed by atoms with van der Waals surface area (Å²) in [5.74, 6) is -0.333. The van der Waals surface area contributed by atoms with Crippen LogP contribution >= 0.6 is 0 Å². The third kappa shape index (κ3) is 4.11. The second-order valence-corrected chi connectivity index (χ2v) is 8.28. The normalized spacial score (nSPS) is 20.7. The van der Waals surface area contributed by atoms with Crippen molar-refractivity contribution >= 4 is 29.1 Å². The standard InChI is InChI=1S/C21H27N5O3/c27-14-23-12-19(28)26-13-21(5-2-1-3-6-21)9-18(26)20(29)24-11-16-8-15-10-22-7-4-17(15)25-16/h4,7-8,10,14,18,25H,1-3,5-6,9,11-13H2,(H,23,27)(H,24,29). The van der Waals surface area contributed by atoms with Crippen molar-refractivity contribution in [3.8, 4) is 0 Å². The fourth-order valence-corrected chi connectivity index (χ4v) is 4.87. The summed E-state index contributed by atoms with van der Waals surface area (Å²) in [6.45, 7) is 0.895. The highest BCUT2D eigenvalue weighted by molar-refractivity contribution is 5.90. The summed E-state index contributed by atoms with van der Waals surface area (Å²) in [7, 11) is 0. The fourth-order valence-electron chi connectivity index (χ4n) is 4.87. The quantitative estimate of drug-likeness (QED) is 0.642. The molecular formula is C21H27N5O3. The van der Waals surface area contributed by atoms with E-state index >= 15 is 0 Å². The average Bonchev–Trinajstić information content (AvgIpc) is 3.32. The SMILES string of the molecule is O=CNCC(=O)N1CC2(CCCCC2)CC1C(=O)NCc1cc2cnccc2[nH]1. The highest BCUT2D eigenvalue weighted by Crippen LogP contribution is 2.46. The van der Waals surface area contributed by atoms with Crippen molar-refractivity contribution in [2.75, 3.05) is 13.1 Å². The van der Waals surface area contributed by atoms with Gasteiger partial charge >= 0.3 is 0 Å². The van der Waals surface area contributed by atoms with E-state index in [1.54, 1.807) is 17.3 Å². The average molecular weight is 397 g/mol. The monoisotopic (exact) mass is 397 g/mol. The van der Waals surface area contributed by atoms with Gasteiger partial charge in [0, 0.05) is 35.5 Å². The Hall–Kier alpha value is -2.90. The molecule has 1 saturated carbocycles. The highest BCUT2D eigenvalue weighted by Gasteiger charge is 2.48. The molecule has 1 unspecified atom stereocenters. The first-order valence-corrected chi connectivity index (χ1v) is 10.3. The Kier molecular flexibility index (Phi) is 5.51. The van der Waals surface area contributed by atoms with E-state index in [-0.39, 0.29) is 23.8 Å². The molecule has 0 bridgehead atoms. The summed E-state index contributed by atoms with van der Waals surface area (Å²) in [5, 5.41) is 6.42. The largest absolute Gasteiger partial charge is 0.357 e. The lowest BCUT2D eigenvalue weighted by atomic mass is 9.72. The Bertz CT molecular complexity index is 870. The molecule has 1 atom stereocenters. The lowest BCUT2D eigenvalue weighted by Gasteiger charge is -2.33. The molecule has 1 spiro atoms. The van der Waals surface area contributed by atoms with Crippen LogP contribution < -0.4 is 10.6 Å². The third-order valence-corrected chi connectivity index (χ3v) is 6.31. The predicted octanol–water partition coefficient (Wildman–Crippen LogP) is 1.48. The molecule has 2 aromatic heterocycles. The van der Waals surface area contributed by atoms with Crippen molar-refractivity contribution in [2.24, 2.45) is 5.41 Å². The number of hydrogen-bond acceptors (Lipinski definition) is 4. The Morgan fingerprint density at radius 3 is 2.90 bits per heavy atom. The van der Waals surface area contributed by atoms with Gasteiger partial charge in [-0.25, -0.2) is 0 Å². The van der Waals surface area contributed by atoms with Gasteiger partial charge in [-0.2, -0.15) is 0 Å². The summed E-state index contributed by atoms with van der Waals surface area (Å²) < 4.78 is 0. The van der Waals surface area contributed by atoms with Crippen LogP contribution in [0, 0.1) is 5.41 Å². The van der Waals surface area contributed by atoms with Crippen molar-refractivity contribution in [1.82, 2.24) is 25.5 Å². The number of fused-ring (bicyclic) bond motifs is 1. The van der Waals surface area contributed by atoms with Crippen LogP contribution in [-0.2, 0) is 20.9 Å². The van der Waals surface area contributed by atoms with Gasteiger partial charge in [0.25, 0.3) is 0 Å². The number of amides is 3. The van der Waals surface area contributed by atoms with Crippen LogP contribution in [0.15, 0.2) is 24.5 Å². The first-order valence-electron chi connectivity index (χ1n) is 10.3. The van der Waals surface area contributed by atoms with Gasteiger partial charge in [0.1, 0.15) is 6.04 Å². The molecular weight excluding hydrogens is 370 g/mol. The molecule has 2 aromatic rings. The Labute approximate surface area is 169 Å². The molecule has 8 nitrogen and oxygen atoms in total. The van der Waals surface area contributed by atoms with Gasteiger partial charge in [-0.15, -0.1) is 0 Å². The van der Waals surface area contributed by atoms with Crippen LogP contribution in [0.25, 0.3) is 10.9 Å². The van der Waals surface area contributed by atoms with Gasteiger partial charge in [0.05, 0.1) is 13.1 Å². The summed E-state index contributed by atoms with van der Waals surface area (Å²) in [4.78, 5) is 45.3. The van der Waals surface area contributed by atoms with E-state index < -0.39 is 6.04 Å². The lowest BCUT2D eigenvalue weighted by molar-refractivity contribution is -0.138. The summed E-state index contributed by atoms with van der Waals surface area (Å²) in [6.07, 6.45) is 10.3. The fraction of sp³-hybridized carbons (Fsp3) is 0.524. The van der Waals surface area contributed by atoms with E-state index in [1.165, 1.54) is 6.42 Å². The van der Waals surface area contributed by atoms with Gasteiger partial charge in [0.15, 0.2) is 0 Å². The minimum atomic E-state index is -0.486. The maximum Gasteiger partial charge on any atom is 0.243 e. The molecule has 3 N–H and O–H groups in total. The van der Waals surface area contributed by atoms with E-state index in [2.05, 4.69) is 20.6 Å². The van der Waals surface area contributed by atoms with Crippen LogP contribution in [0.4, 0.5) is 0 Å². The molecule has 1 aliphatic carbocycles. The topological polar surface area (TPSA) is 107 Å². The van der Waals surface area contributed by atoms with Gasteiger partial charge in [-0.1, -0.05) is 19.3 Å². The van der Waals surface area contributed by atoms with Crippen LogP contribution in [0.2, 0.25) is 0 Å². The minimum Gasteiger partial charge on any atom is -0.357 e. The number of H-pyrrole nitrogens is 1. The van der Waals surface area contributed by atoms with Gasteiger partial charge in [-0.05, 0) is 36.8 Å².